The number of fused-ring (bicyclic) bond motifs is 1. The Morgan fingerprint density at radius 3 is 1.71 bits per heavy atom. The van der Waals surface area contributed by atoms with Crippen LogP contribution in [0.5, 0.6) is 11.5 Å². The van der Waals surface area contributed by atoms with Gasteiger partial charge in [0.15, 0.2) is 11.5 Å². The molecule has 0 aliphatic rings. The van der Waals surface area contributed by atoms with Gasteiger partial charge in [-0.3, -0.25) is 9.36 Å². The van der Waals surface area contributed by atoms with Gasteiger partial charge in [-0.25, -0.2) is 4.98 Å². The lowest BCUT2D eigenvalue weighted by Crippen LogP contribution is -2.24. The predicted octanol–water partition coefficient (Wildman–Crippen LogP) is 5.91. The number of ether oxygens (including phenoxy) is 2. The van der Waals surface area contributed by atoms with Gasteiger partial charge in [0.05, 0.1) is 17.4 Å². The minimum Gasteiger partial charge on any atom is -0.485 e. The molecule has 5 nitrogen and oxygen atoms in total. The molecule has 174 valence electrons. The van der Waals surface area contributed by atoms with Gasteiger partial charge in [0, 0.05) is 6.07 Å². The highest BCUT2D eigenvalue weighted by Crippen LogP contribution is 2.32. The van der Waals surface area contributed by atoms with E-state index in [0.717, 1.165) is 16.7 Å². The van der Waals surface area contributed by atoms with Crippen LogP contribution in [0.3, 0.4) is 0 Å². The average Bonchev–Trinajstić information content (AvgIpc) is 2.90. The average molecular weight is 463 g/mol. The highest BCUT2D eigenvalue weighted by atomic mass is 16.5. The van der Waals surface area contributed by atoms with Crippen LogP contribution in [0.1, 0.15) is 22.5 Å². The molecule has 0 radical (unpaired) electrons. The van der Waals surface area contributed by atoms with Crippen molar-refractivity contribution in [3.8, 4) is 11.5 Å². The van der Waals surface area contributed by atoms with E-state index >= 15 is 0 Å². The SMILES string of the molecule is Cc1nc2cc(OCc3ccccc3)c(OCc3ccccc3)cc2c(=O)n1Cc1ccccc1. The highest BCUT2D eigenvalue weighted by Gasteiger charge is 2.15. The maximum Gasteiger partial charge on any atom is 0.261 e. The van der Waals surface area contributed by atoms with E-state index < -0.39 is 0 Å². The molecule has 0 aliphatic carbocycles. The zero-order chi connectivity index (χ0) is 24.0. The Morgan fingerprint density at radius 2 is 1.17 bits per heavy atom. The Labute approximate surface area is 204 Å². The van der Waals surface area contributed by atoms with Crippen LogP contribution in [-0.2, 0) is 19.8 Å². The van der Waals surface area contributed by atoms with Gasteiger partial charge >= 0.3 is 0 Å². The summed E-state index contributed by atoms with van der Waals surface area (Å²) in [5.41, 5.74) is 3.61. The number of hydrogen-bond donors (Lipinski definition) is 0. The number of hydrogen-bond acceptors (Lipinski definition) is 4. The Balaban J connectivity index is 1.53. The zero-order valence-corrected chi connectivity index (χ0v) is 19.6. The second kappa shape index (κ2) is 10.3. The summed E-state index contributed by atoms with van der Waals surface area (Å²) in [6.45, 7) is 3.07. The molecule has 0 saturated heterocycles. The second-order valence-electron chi connectivity index (χ2n) is 8.40. The first-order chi connectivity index (χ1) is 17.2. The van der Waals surface area contributed by atoms with E-state index in [-0.39, 0.29) is 5.56 Å². The number of aryl methyl sites for hydroxylation is 1. The van der Waals surface area contributed by atoms with Crippen molar-refractivity contribution in [2.45, 2.75) is 26.7 Å². The van der Waals surface area contributed by atoms with Crippen molar-refractivity contribution >= 4 is 10.9 Å². The van der Waals surface area contributed by atoms with Crippen molar-refractivity contribution in [3.63, 3.8) is 0 Å². The van der Waals surface area contributed by atoms with E-state index in [1.807, 2.05) is 97.9 Å². The maximum atomic E-state index is 13.5. The molecule has 5 rings (SSSR count). The summed E-state index contributed by atoms with van der Waals surface area (Å²) in [4.78, 5) is 18.2. The molecular formula is C30H26N2O3. The molecule has 0 bridgehead atoms. The zero-order valence-electron chi connectivity index (χ0n) is 19.6. The lowest BCUT2D eigenvalue weighted by atomic mass is 10.2. The molecule has 0 saturated carbocycles. The Kier molecular flexibility index (Phi) is 6.57. The molecule has 0 amide bonds. The Hall–Kier alpha value is -4.38. The van der Waals surface area contributed by atoms with Gasteiger partial charge in [0.2, 0.25) is 0 Å². The van der Waals surface area contributed by atoms with Crippen LogP contribution in [0, 0.1) is 6.92 Å². The molecule has 0 atom stereocenters. The van der Waals surface area contributed by atoms with Crippen molar-refractivity contribution < 1.29 is 9.47 Å². The standard InChI is InChI=1S/C30H26N2O3/c1-22-31-27-18-29(35-21-25-15-9-4-10-16-25)28(34-20-24-13-7-3-8-14-24)17-26(27)30(33)32(22)19-23-11-5-2-6-12-23/h2-18H,19-21H2,1H3. The third-order valence-corrected chi connectivity index (χ3v) is 5.87. The molecular weight excluding hydrogens is 436 g/mol. The molecule has 5 heteroatoms. The van der Waals surface area contributed by atoms with Gasteiger partial charge in [-0.2, -0.15) is 0 Å². The lowest BCUT2D eigenvalue weighted by molar-refractivity contribution is 0.256. The van der Waals surface area contributed by atoms with Crippen LogP contribution in [-0.4, -0.2) is 9.55 Å². The molecule has 1 heterocycles. The number of rotatable bonds is 8. The van der Waals surface area contributed by atoms with Crippen LogP contribution < -0.4 is 15.0 Å². The van der Waals surface area contributed by atoms with Crippen LogP contribution in [0.2, 0.25) is 0 Å². The van der Waals surface area contributed by atoms with Crippen molar-refractivity contribution in [3.05, 3.63) is 136 Å². The summed E-state index contributed by atoms with van der Waals surface area (Å²) in [5, 5.41) is 0.502. The maximum absolute atomic E-state index is 13.5. The van der Waals surface area contributed by atoms with E-state index in [0.29, 0.717) is 48.0 Å². The Morgan fingerprint density at radius 1 is 0.686 bits per heavy atom. The first-order valence-corrected chi connectivity index (χ1v) is 11.6. The fourth-order valence-electron chi connectivity index (χ4n) is 3.99. The van der Waals surface area contributed by atoms with Crippen LogP contribution in [0.25, 0.3) is 10.9 Å². The van der Waals surface area contributed by atoms with Gasteiger partial charge in [0.25, 0.3) is 5.56 Å². The fraction of sp³-hybridized carbons (Fsp3) is 0.133. The van der Waals surface area contributed by atoms with Gasteiger partial charge < -0.3 is 9.47 Å². The highest BCUT2D eigenvalue weighted by molar-refractivity contribution is 5.82. The first-order valence-electron chi connectivity index (χ1n) is 11.6. The van der Waals surface area contributed by atoms with Crippen LogP contribution >= 0.6 is 0 Å². The smallest absolute Gasteiger partial charge is 0.261 e. The third kappa shape index (κ3) is 5.25. The van der Waals surface area contributed by atoms with E-state index in [4.69, 9.17) is 14.5 Å². The first kappa shape index (κ1) is 22.4. The van der Waals surface area contributed by atoms with Gasteiger partial charge in [-0.15, -0.1) is 0 Å². The summed E-state index contributed by atoms with van der Waals surface area (Å²) in [6.07, 6.45) is 0. The van der Waals surface area contributed by atoms with E-state index in [2.05, 4.69) is 0 Å². The molecule has 5 aromatic rings. The minimum absolute atomic E-state index is 0.101. The number of benzene rings is 4. The summed E-state index contributed by atoms with van der Waals surface area (Å²) in [7, 11) is 0. The van der Waals surface area contributed by atoms with E-state index in [9.17, 15) is 4.79 Å². The molecule has 0 unspecified atom stereocenters. The predicted molar refractivity (Wildman–Crippen MR) is 138 cm³/mol. The quantitative estimate of drug-likeness (QED) is 0.288. The Bertz CT molecular complexity index is 1480. The normalized spacial score (nSPS) is 10.9. The lowest BCUT2D eigenvalue weighted by Gasteiger charge is -2.16. The fourth-order valence-corrected chi connectivity index (χ4v) is 3.99. The molecule has 1 aromatic heterocycles. The van der Waals surface area contributed by atoms with Crippen molar-refractivity contribution in [1.29, 1.82) is 0 Å². The summed E-state index contributed by atoms with van der Waals surface area (Å²) >= 11 is 0. The monoisotopic (exact) mass is 462 g/mol. The molecule has 35 heavy (non-hydrogen) atoms. The van der Waals surface area contributed by atoms with Gasteiger partial charge in [-0.1, -0.05) is 91.0 Å². The van der Waals surface area contributed by atoms with Gasteiger partial charge in [-0.05, 0) is 29.7 Å². The molecule has 4 aromatic carbocycles. The topological polar surface area (TPSA) is 53.4 Å². The van der Waals surface area contributed by atoms with Crippen molar-refractivity contribution in [1.82, 2.24) is 9.55 Å². The van der Waals surface area contributed by atoms with Crippen LogP contribution in [0.15, 0.2) is 108 Å². The molecule has 0 N–H and O–H groups in total. The van der Waals surface area contributed by atoms with E-state index in [1.165, 1.54) is 0 Å². The van der Waals surface area contributed by atoms with E-state index in [1.54, 1.807) is 16.7 Å². The minimum atomic E-state index is -0.101. The molecule has 0 fully saturated rings. The van der Waals surface area contributed by atoms with Gasteiger partial charge in [0.1, 0.15) is 19.0 Å². The second-order valence-corrected chi connectivity index (χ2v) is 8.40. The van der Waals surface area contributed by atoms with Crippen molar-refractivity contribution in [2.75, 3.05) is 0 Å². The molecule has 0 aliphatic heterocycles. The van der Waals surface area contributed by atoms with Crippen molar-refractivity contribution in [2.24, 2.45) is 0 Å². The summed E-state index contributed by atoms with van der Waals surface area (Å²) in [6, 6.07) is 33.3. The molecule has 0 spiro atoms. The number of aromatic nitrogens is 2. The third-order valence-electron chi connectivity index (χ3n) is 5.87. The largest absolute Gasteiger partial charge is 0.485 e. The summed E-state index contributed by atoms with van der Waals surface area (Å²) < 4.78 is 14.0. The number of nitrogens with zero attached hydrogens (tertiary/aromatic N) is 2. The van der Waals surface area contributed by atoms with Crippen LogP contribution in [0.4, 0.5) is 0 Å². The summed E-state index contributed by atoms with van der Waals surface area (Å²) in [5.74, 6) is 1.73.